The van der Waals surface area contributed by atoms with Crippen LogP contribution in [0.25, 0.3) is 11.0 Å². The molecule has 2 aromatic heterocycles. The Morgan fingerprint density at radius 3 is 2.63 bits per heavy atom. The summed E-state index contributed by atoms with van der Waals surface area (Å²) >= 11 is 0. The molecule has 4 aromatic rings. The van der Waals surface area contributed by atoms with Gasteiger partial charge in [0.25, 0.3) is 0 Å². The van der Waals surface area contributed by atoms with Crippen molar-refractivity contribution in [1.82, 2.24) is 20.4 Å². The summed E-state index contributed by atoms with van der Waals surface area (Å²) < 4.78 is 0. The van der Waals surface area contributed by atoms with E-state index in [4.69, 9.17) is 0 Å². The maximum absolute atomic E-state index is 11.4. The maximum Gasteiger partial charge on any atom is 0.311 e. The summed E-state index contributed by atoms with van der Waals surface area (Å²) in [7, 11) is 0. The average Bonchev–Trinajstić information content (AvgIpc) is 3.15. The zero-order valence-electron chi connectivity index (χ0n) is 14.1. The van der Waals surface area contributed by atoms with E-state index in [0.29, 0.717) is 29.1 Å². The van der Waals surface area contributed by atoms with E-state index < -0.39 is 4.92 Å². The normalized spacial score (nSPS) is 10.7. The van der Waals surface area contributed by atoms with Crippen molar-refractivity contribution in [1.29, 1.82) is 0 Å². The number of nitro groups is 1. The molecule has 134 valence electrons. The molecular weight excluding hydrogens is 346 g/mol. The fourth-order valence-electron chi connectivity index (χ4n) is 2.63. The number of fused-ring (bicyclic) bond motifs is 1. The van der Waals surface area contributed by atoms with Gasteiger partial charge in [0.15, 0.2) is 0 Å². The van der Waals surface area contributed by atoms with Gasteiger partial charge in [-0.3, -0.25) is 10.1 Å². The second-order valence-corrected chi connectivity index (χ2v) is 5.81. The highest BCUT2D eigenvalue weighted by atomic mass is 16.6. The summed E-state index contributed by atoms with van der Waals surface area (Å²) in [6, 6.07) is 18.1. The third-order valence-corrected chi connectivity index (χ3v) is 3.97. The minimum Gasteiger partial charge on any atom is -0.366 e. The Morgan fingerprint density at radius 2 is 1.81 bits per heavy atom. The minimum atomic E-state index is -0.467. The molecule has 0 amide bonds. The van der Waals surface area contributed by atoms with Crippen molar-refractivity contribution in [3.8, 4) is 0 Å². The largest absolute Gasteiger partial charge is 0.366 e. The summed E-state index contributed by atoms with van der Waals surface area (Å²) in [4.78, 5) is 15.2. The number of hydrogen-bond donors (Lipinski definition) is 3. The number of H-pyrrole nitrogens is 1. The molecule has 0 spiro atoms. The van der Waals surface area contributed by atoms with Crippen molar-refractivity contribution >= 4 is 34.0 Å². The Labute approximate surface area is 153 Å². The number of pyridine rings is 1. The highest BCUT2D eigenvalue weighted by Crippen LogP contribution is 2.28. The second-order valence-electron chi connectivity index (χ2n) is 5.81. The molecule has 0 saturated carbocycles. The van der Waals surface area contributed by atoms with Crippen LogP contribution in [0, 0.1) is 10.1 Å². The maximum atomic E-state index is 11.4. The van der Waals surface area contributed by atoms with Gasteiger partial charge in [0, 0.05) is 18.3 Å². The second kappa shape index (κ2) is 7.08. The van der Waals surface area contributed by atoms with Crippen LogP contribution in [0.4, 0.5) is 23.0 Å². The highest BCUT2D eigenvalue weighted by molar-refractivity contribution is 5.80. The number of aromatic amines is 1. The first-order valence-electron chi connectivity index (χ1n) is 8.20. The minimum absolute atomic E-state index is 0.111. The molecule has 0 aliphatic carbocycles. The average molecular weight is 361 g/mol. The van der Waals surface area contributed by atoms with Gasteiger partial charge in [0.1, 0.15) is 16.9 Å². The van der Waals surface area contributed by atoms with Gasteiger partial charge in [-0.15, -0.1) is 0 Å². The van der Waals surface area contributed by atoms with E-state index in [1.54, 1.807) is 24.3 Å². The first kappa shape index (κ1) is 16.5. The number of nitrogens with one attached hydrogen (secondary N) is 3. The van der Waals surface area contributed by atoms with Gasteiger partial charge in [-0.1, -0.05) is 30.3 Å². The first-order chi connectivity index (χ1) is 13.2. The van der Waals surface area contributed by atoms with E-state index in [-0.39, 0.29) is 11.5 Å². The molecule has 2 heterocycles. The number of anilines is 3. The molecule has 27 heavy (non-hydrogen) atoms. The number of nitrogens with zero attached hydrogens (tertiary/aromatic N) is 4. The Balaban J connectivity index is 1.59. The van der Waals surface area contributed by atoms with E-state index >= 15 is 0 Å². The molecule has 0 aliphatic heterocycles. The van der Waals surface area contributed by atoms with Crippen molar-refractivity contribution in [3.63, 3.8) is 0 Å². The van der Waals surface area contributed by atoms with Crippen molar-refractivity contribution in [3.05, 3.63) is 76.3 Å². The van der Waals surface area contributed by atoms with Crippen LogP contribution in [0.2, 0.25) is 0 Å². The lowest BCUT2D eigenvalue weighted by Crippen LogP contribution is -2.05. The van der Waals surface area contributed by atoms with Gasteiger partial charge < -0.3 is 10.6 Å². The zero-order valence-corrected chi connectivity index (χ0v) is 14.1. The molecule has 0 atom stereocenters. The van der Waals surface area contributed by atoms with Crippen molar-refractivity contribution < 1.29 is 4.92 Å². The third-order valence-electron chi connectivity index (χ3n) is 3.97. The predicted octanol–water partition coefficient (Wildman–Crippen LogP) is 3.62. The Bertz CT molecular complexity index is 1100. The molecule has 4 rings (SSSR count). The Kier molecular flexibility index (Phi) is 4.32. The number of rotatable bonds is 6. The van der Waals surface area contributed by atoms with Crippen LogP contribution in [0.3, 0.4) is 0 Å². The van der Waals surface area contributed by atoms with Gasteiger partial charge in [-0.2, -0.15) is 15.4 Å². The van der Waals surface area contributed by atoms with Crippen molar-refractivity contribution in [2.75, 3.05) is 10.6 Å². The van der Waals surface area contributed by atoms with Crippen LogP contribution in [-0.2, 0) is 6.54 Å². The molecule has 0 radical (unpaired) electrons. The van der Waals surface area contributed by atoms with Gasteiger partial charge >= 0.3 is 5.69 Å². The smallest absolute Gasteiger partial charge is 0.311 e. The highest BCUT2D eigenvalue weighted by Gasteiger charge is 2.16. The monoisotopic (exact) mass is 361 g/mol. The molecule has 3 N–H and O–H groups in total. The van der Waals surface area contributed by atoms with Gasteiger partial charge in [0.2, 0.25) is 5.82 Å². The number of hydrogen-bond acceptors (Lipinski definition) is 7. The SMILES string of the molecule is O=[N+]([O-])c1ccc(NCc2ccccc2)nc1Nc1ccc2n[nH]nc2c1. The Hall–Kier alpha value is -4.01. The summed E-state index contributed by atoms with van der Waals surface area (Å²) in [6.45, 7) is 0.565. The van der Waals surface area contributed by atoms with Gasteiger partial charge in [-0.25, -0.2) is 4.98 Å². The topological polar surface area (TPSA) is 122 Å². The fourth-order valence-corrected chi connectivity index (χ4v) is 2.63. The quantitative estimate of drug-likeness (QED) is 0.354. The number of benzene rings is 2. The summed E-state index contributed by atoms with van der Waals surface area (Å²) in [5.41, 5.74) is 2.97. The van der Waals surface area contributed by atoms with Crippen LogP contribution < -0.4 is 10.6 Å². The van der Waals surface area contributed by atoms with Crippen LogP contribution in [0.1, 0.15) is 5.56 Å². The molecular formula is C18H15N7O2. The van der Waals surface area contributed by atoms with Gasteiger partial charge in [-0.05, 0) is 29.8 Å². The third kappa shape index (κ3) is 3.66. The zero-order chi connectivity index (χ0) is 18.6. The van der Waals surface area contributed by atoms with E-state index in [2.05, 4.69) is 31.0 Å². The van der Waals surface area contributed by atoms with E-state index in [1.807, 2.05) is 30.3 Å². The van der Waals surface area contributed by atoms with Crippen molar-refractivity contribution in [2.45, 2.75) is 6.54 Å². The Morgan fingerprint density at radius 1 is 1.00 bits per heavy atom. The molecule has 9 nitrogen and oxygen atoms in total. The summed E-state index contributed by atoms with van der Waals surface area (Å²) in [6.07, 6.45) is 0. The summed E-state index contributed by atoms with van der Waals surface area (Å²) in [5.74, 6) is 0.690. The molecule has 0 aliphatic rings. The number of aromatic nitrogens is 4. The first-order valence-corrected chi connectivity index (χ1v) is 8.20. The lowest BCUT2D eigenvalue weighted by atomic mass is 10.2. The molecule has 0 unspecified atom stereocenters. The molecule has 9 heteroatoms. The lowest BCUT2D eigenvalue weighted by Gasteiger charge is -2.10. The van der Waals surface area contributed by atoms with Crippen LogP contribution in [0.5, 0.6) is 0 Å². The van der Waals surface area contributed by atoms with Crippen LogP contribution in [-0.4, -0.2) is 25.3 Å². The van der Waals surface area contributed by atoms with Gasteiger partial charge in [0.05, 0.1) is 4.92 Å². The molecule has 0 fully saturated rings. The standard InChI is InChI=1S/C18H15N7O2/c26-25(27)16-8-9-17(19-11-12-4-2-1-3-5-12)21-18(16)20-13-6-7-14-15(10-13)23-24-22-14/h1-10H,11H2,(H2,19,20,21)(H,22,23,24). The lowest BCUT2D eigenvalue weighted by molar-refractivity contribution is -0.384. The molecule has 0 saturated heterocycles. The molecule has 2 aromatic carbocycles. The van der Waals surface area contributed by atoms with E-state index in [9.17, 15) is 10.1 Å². The van der Waals surface area contributed by atoms with E-state index in [0.717, 1.165) is 5.56 Å². The van der Waals surface area contributed by atoms with E-state index in [1.165, 1.54) is 6.07 Å². The van der Waals surface area contributed by atoms with Crippen LogP contribution >= 0.6 is 0 Å². The summed E-state index contributed by atoms with van der Waals surface area (Å²) in [5, 5.41) is 28.1. The fraction of sp³-hybridized carbons (Fsp3) is 0.0556. The molecule has 0 bridgehead atoms. The van der Waals surface area contributed by atoms with Crippen molar-refractivity contribution in [2.24, 2.45) is 0 Å². The van der Waals surface area contributed by atoms with Crippen LogP contribution in [0.15, 0.2) is 60.7 Å². The predicted molar refractivity (Wildman–Crippen MR) is 102 cm³/mol.